The van der Waals surface area contributed by atoms with E-state index in [1.807, 2.05) is 0 Å². The molecule has 0 saturated heterocycles. The minimum Gasteiger partial charge on any atom is -0.478 e. The monoisotopic (exact) mass is 310 g/mol. The van der Waals surface area contributed by atoms with Crippen molar-refractivity contribution >= 4 is 23.8 Å². The number of nitrogens with two attached hydrogens (primary N) is 1. The number of hydrogen-bond acceptors (Lipinski definition) is 4. The van der Waals surface area contributed by atoms with E-state index in [2.05, 4.69) is 5.32 Å². The van der Waals surface area contributed by atoms with Gasteiger partial charge in [0.2, 0.25) is 0 Å². The van der Waals surface area contributed by atoms with Crippen LogP contribution >= 0.6 is 0 Å². The van der Waals surface area contributed by atoms with Gasteiger partial charge in [-0.05, 0) is 32.9 Å². The summed E-state index contributed by atoms with van der Waals surface area (Å²) in [6, 6.07) is 2.08. The number of alkyl carbamates (subject to hydrolysis) is 1. The highest BCUT2D eigenvalue weighted by molar-refractivity contribution is 5.94. The van der Waals surface area contributed by atoms with Crippen LogP contribution in [0.15, 0.2) is 18.2 Å². The fourth-order valence-electron chi connectivity index (χ4n) is 1.56. The summed E-state index contributed by atoms with van der Waals surface area (Å²) < 4.78 is 18.7. The molecule has 1 rings (SSSR count). The Bertz CT molecular complexity index is 606. The predicted molar refractivity (Wildman–Crippen MR) is 81.0 cm³/mol. The molecular weight excluding hydrogens is 291 g/mol. The molecule has 22 heavy (non-hydrogen) atoms. The molecule has 120 valence electrons. The molecule has 1 aromatic carbocycles. The second-order valence-corrected chi connectivity index (χ2v) is 5.55. The largest absolute Gasteiger partial charge is 0.478 e. The van der Waals surface area contributed by atoms with Gasteiger partial charge in [-0.3, -0.25) is 0 Å². The number of ether oxygens (including phenoxy) is 1. The number of aromatic carboxylic acids is 1. The molecule has 6 nitrogen and oxygen atoms in total. The van der Waals surface area contributed by atoms with Gasteiger partial charge in [-0.25, -0.2) is 14.0 Å². The number of amides is 1. The Morgan fingerprint density at radius 3 is 2.59 bits per heavy atom. The van der Waals surface area contributed by atoms with Crippen LogP contribution in [0.2, 0.25) is 0 Å². The lowest BCUT2D eigenvalue weighted by Crippen LogP contribution is -2.32. The number of carboxylic acid groups (broad SMARTS) is 1. The lowest BCUT2D eigenvalue weighted by molar-refractivity contribution is 0.0533. The predicted octanol–water partition coefficient (Wildman–Crippen LogP) is 2.64. The first-order valence-electron chi connectivity index (χ1n) is 6.56. The molecule has 0 saturated carbocycles. The van der Waals surface area contributed by atoms with Gasteiger partial charge in [0.1, 0.15) is 11.4 Å². The van der Waals surface area contributed by atoms with Gasteiger partial charge in [0.25, 0.3) is 0 Å². The maximum absolute atomic E-state index is 13.7. The Labute approximate surface area is 127 Å². The van der Waals surface area contributed by atoms with E-state index in [-0.39, 0.29) is 23.4 Å². The minimum atomic E-state index is -1.24. The zero-order valence-corrected chi connectivity index (χ0v) is 12.6. The van der Waals surface area contributed by atoms with Crippen molar-refractivity contribution in [3.63, 3.8) is 0 Å². The van der Waals surface area contributed by atoms with Gasteiger partial charge in [-0.1, -0.05) is 12.2 Å². The third-order valence-electron chi connectivity index (χ3n) is 2.46. The van der Waals surface area contributed by atoms with Crippen molar-refractivity contribution in [2.45, 2.75) is 26.4 Å². The maximum Gasteiger partial charge on any atom is 0.407 e. The molecule has 0 aromatic heterocycles. The third kappa shape index (κ3) is 5.43. The van der Waals surface area contributed by atoms with Crippen molar-refractivity contribution in [1.82, 2.24) is 5.32 Å². The molecule has 0 unspecified atom stereocenters. The van der Waals surface area contributed by atoms with E-state index in [1.54, 1.807) is 20.8 Å². The van der Waals surface area contributed by atoms with Crippen LogP contribution in [0.3, 0.4) is 0 Å². The molecule has 1 aromatic rings. The summed E-state index contributed by atoms with van der Waals surface area (Å²) in [5.41, 5.74) is 4.57. The number of carboxylic acids is 1. The van der Waals surface area contributed by atoms with Crippen LogP contribution in [0.25, 0.3) is 6.08 Å². The van der Waals surface area contributed by atoms with Gasteiger partial charge in [-0.2, -0.15) is 0 Å². The fraction of sp³-hybridized carbons (Fsp3) is 0.333. The molecule has 0 fully saturated rings. The normalized spacial score (nSPS) is 11.5. The van der Waals surface area contributed by atoms with E-state index in [0.717, 1.165) is 12.1 Å². The lowest BCUT2D eigenvalue weighted by atomic mass is 10.1. The van der Waals surface area contributed by atoms with Crippen LogP contribution in [0.4, 0.5) is 14.9 Å². The second kappa shape index (κ2) is 6.93. The first kappa shape index (κ1) is 17.5. The highest BCUT2D eigenvalue weighted by Gasteiger charge is 2.15. The van der Waals surface area contributed by atoms with E-state index < -0.39 is 23.5 Å². The summed E-state index contributed by atoms with van der Waals surface area (Å²) in [7, 11) is 0. The molecule has 7 heteroatoms. The van der Waals surface area contributed by atoms with Crippen molar-refractivity contribution in [3.8, 4) is 0 Å². The Kier molecular flexibility index (Phi) is 5.50. The standard InChI is InChI=1S/C15H19FN2O4/c1-15(2,3)22-14(21)18-6-4-5-9-7-10(13(19)20)12(17)8-11(9)16/h4-5,7-8H,6,17H2,1-3H3,(H,18,21)(H,19,20). The van der Waals surface area contributed by atoms with Crippen LogP contribution < -0.4 is 11.1 Å². The molecule has 0 aliphatic rings. The fourth-order valence-corrected chi connectivity index (χ4v) is 1.56. The molecule has 0 atom stereocenters. The molecule has 0 radical (unpaired) electrons. The van der Waals surface area contributed by atoms with E-state index >= 15 is 0 Å². The Hall–Kier alpha value is -2.57. The van der Waals surface area contributed by atoms with Crippen LogP contribution in [0, 0.1) is 5.82 Å². The molecule has 0 aliphatic heterocycles. The summed E-state index contributed by atoms with van der Waals surface area (Å²) in [5, 5.41) is 11.4. The number of halogens is 1. The van der Waals surface area contributed by atoms with Gasteiger partial charge in [0, 0.05) is 17.8 Å². The number of nitrogen functional groups attached to an aromatic ring is 1. The molecule has 4 N–H and O–H groups in total. The average molecular weight is 310 g/mol. The number of benzene rings is 1. The highest BCUT2D eigenvalue weighted by Crippen LogP contribution is 2.19. The zero-order valence-electron chi connectivity index (χ0n) is 12.6. The number of rotatable bonds is 4. The van der Waals surface area contributed by atoms with Crippen molar-refractivity contribution in [3.05, 3.63) is 35.2 Å². The van der Waals surface area contributed by atoms with Gasteiger partial charge in [0.05, 0.1) is 5.56 Å². The maximum atomic E-state index is 13.7. The molecular formula is C15H19FN2O4. The number of carbonyl (C=O) groups excluding carboxylic acids is 1. The summed E-state index contributed by atoms with van der Waals surface area (Å²) in [5.74, 6) is -1.88. The first-order chi connectivity index (χ1) is 10.1. The third-order valence-corrected chi connectivity index (χ3v) is 2.46. The molecule has 0 heterocycles. The van der Waals surface area contributed by atoms with Crippen molar-refractivity contribution in [2.24, 2.45) is 0 Å². The van der Waals surface area contributed by atoms with E-state index in [9.17, 15) is 14.0 Å². The topological polar surface area (TPSA) is 102 Å². The molecule has 0 aliphatic carbocycles. The number of carbonyl (C=O) groups is 2. The van der Waals surface area contributed by atoms with E-state index in [4.69, 9.17) is 15.6 Å². The van der Waals surface area contributed by atoms with Crippen molar-refractivity contribution < 1.29 is 23.8 Å². The summed E-state index contributed by atoms with van der Waals surface area (Å²) in [4.78, 5) is 22.3. The van der Waals surface area contributed by atoms with Gasteiger partial charge in [0.15, 0.2) is 0 Å². The number of anilines is 1. The van der Waals surface area contributed by atoms with E-state index in [0.29, 0.717) is 0 Å². The smallest absolute Gasteiger partial charge is 0.407 e. The second-order valence-electron chi connectivity index (χ2n) is 5.55. The minimum absolute atomic E-state index is 0.0672. The van der Waals surface area contributed by atoms with Crippen molar-refractivity contribution in [1.29, 1.82) is 0 Å². The van der Waals surface area contributed by atoms with Gasteiger partial charge in [-0.15, -0.1) is 0 Å². The summed E-state index contributed by atoms with van der Waals surface area (Å²) >= 11 is 0. The summed E-state index contributed by atoms with van der Waals surface area (Å²) in [6.45, 7) is 5.32. The Morgan fingerprint density at radius 2 is 2.05 bits per heavy atom. The van der Waals surface area contributed by atoms with Crippen LogP contribution in [-0.2, 0) is 4.74 Å². The SMILES string of the molecule is CC(C)(C)OC(=O)NCC=Cc1cc(C(=O)O)c(N)cc1F. The Balaban J connectivity index is 2.69. The first-order valence-corrected chi connectivity index (χ1v) is 6.56. The number of nitrogens with one attached hydrogen (secondary N) is 1. The van der Waals surface area contributed by atoms with Crippen LogP contribution in [0.1, 0.15) is 36.7 Å². The average Bonchev–Trinajstić information content (AvgIpc) is 2.33. The quantitative estimate of drug-likeness (QED) is 0.742. The van der Waals surface area contributed by atoms with Crippen molar-refractivity contribution in [2.75, 3.05) is 12.3 Å². The highest BCUT2D eigenvalue weighted by atomic mass is 19.1. The van der Waals surface area contributed by atoms with Crippen LogP contribution in [0.5, 0.6) is 0 Å². The zero-order chi connectivity index (χ0) is 16.9. The molecule has 0 spiro atoms. The van der Waals surface area contributed by atoms with Crippen LogP contribution in [-0.4, -0.2) is 29.3 Å². The molecule has 1 amide bonds. The number of hydrogen-bond donors (Lipinski definition) is 3. The van der Waals surface area contributed by atoms with E-state index in [1.165, 1.54) is 12.2 Å². The lowest BCUT2D eigenvalue weighted by Gasteiger charge is -2.19. The molecule has 0 bridgehead atoms. The van der Waals surface area contributed by atoms with Gasteiger partial charge < -0.3 is 20.9 Å². The van der Waals surface area contributed by atoms with Gasteiger partial charge >= 0.3 is 12.1 Å². The Morgan fingerprint density at radius 1 is 1.41 bits per heavy atom. The summed E-state index contributed by atoms with van der Waals surface area (Å²) in [6.07, 6.45) is 2.24.